The Morgan fingerprint density at radius 1 is 1.33 bits per heavy atom. The lowest BCUT2D eigenvalue weighted by Crippen LogP contribution is -2.25. The maximum Gasteiger partial charge on any atom is 0.234 e. The zero-order chi connectivity index (χ0) is 20.1. The van der Waals surface area contributed by atoms with Gasteiger partial charge in [-0.3, -0.25) is 0 Å². The topological polar surface area (TPSA) is 64.6 Å². The molecule has 5 nitrogen and oxygen atoms in total. The Balaban J connectivity index is 1.90. The lowest BCUT2D eigenvalue weighted by molar-refractivity contribution is 0.0910. The third-order valence-corrected chi connectivity index (χ3v) is 5.23. The Labute approximate surface area is 162 Å². The molecule has 152 valence electrons. The van der Waals surface area contributed by atoms with Crippen molar-refractivity contribution in [1.29, 1.82) is 0 Å². The summed E-state index contributed by atoms with van der Waals surface area (Å²) in [5, 5.41) is 1.10. The van der Waals surface area contributed by atoms with Crippen molar-refractivity contribution >= 4 is 10.0 Å². The number of sulfonamides is 1. The molecule has 1 fully saturated rings. The molecular weight excluding hydrogens is 369 g/mol. The molecule has 1 aromatic rings. The summed E-state index contributed by atoms with van der Waals surface area (Å²) in [6.45, 7) is 9.10. The van der Waals surface area contributed by atoms with Crippen LogP contribution < -0.4 is 9.46 Å². The van der Waals surface area contributed by atoms with Crippen LogP contribution in [0.3, 0.4) is 0 Å². The second kappa shape index (κ2) is 9.17. The molecule has 1 atom stereocenters. The molecule has 0 heterocycles. The van der Waals surface area contributed by atoms with Crippen LogP contribution >= 0.6 is 0 Å². The van der Waals surface area contributed by atoms with Crippen LogP contribution in [0.2, 0.25) is 0 Å². The number of hydrogen-bond acceptors (Lipinski definition) is 4. The van der Waals surface area contributed by atoms with E-state index < -0.39 is 21.9 Å². The van der Waals surface area contributed by atoms with E-state index in [-0.39, 0.29) is 17.8 Å². The highest BCUT2D eigenvalue weighted by Crippen LogP contribution is 2.31. The van der Waals surface area contributed by atoms with E-state index >= 15 is 0 Å². The van der Waals surface area contributed by atoms with Crippen LogP contribution in [-0.4, -0.2) is 28.2 Å². The zero-order valence-electron chi connectivity index (χ0n) is 16.5. The minimum Gasteiger partial charge on any atom is -0.490 e. The molecule has 1 N–H and O–H groups in total. The standard InChI is InChI=1S/C20H30FNO4S/c1-15(22-27(23,24)11-5-10-25-14-20(2,3)4)17-8-9-18(21)19(12-17)26-13-16-6-7-16/h5,8-9,11-12,15-16,22H,6-7,10,13-14H2,1-4H3/b11-5+/t15-/m1/s1. The van der Waals surface area contributed by atoms with E-state index in [1.165, 1.54) is 12.1 Å². The average molecular weight is 400 g/mol. The maximum atomic E-state index is 13.9. The molecule has 0 unspecified atom stereocenters. The van der Waals surface area contributed by atoms with Crippen molar-refractivity contribution in [2.75, 3.05) is 19.8 Å². The molecule has 2 rings (SSSR count). The van der Waals surface area contributed by atoms with Crippen molar-refractivity contribution in [3.63, 3.8) is 0 Å². The van der Waals surface area contributed by atoms with Crippen LogP contribution in [0.25, 0.3) is 0 Å². The maximum absolute atomic E-state index is 13.9. The van der Waals surface area contributed by atoms with Crippen molar-refractivity contribution in [3.05, 3.63) is 41.1 Å². The van der Waals surface area contributed by atoms with E-state index in [9.17, 15) is 12.8 Å². The van der Waals surface area contributed by atoms with Crippen molar-refractivity contribution in [3.8, 4) is 5.75 Å². The minimum atomic E-state index is -3.63. The van der Waals surface area contributed by atoms with Crippen LogP contribution in [0.1, 0.15) is 52.1 Å². The molecule has 7 heteroatoms. The summed E-state index contributed by atoms with van der Waals surface area (Å²) >= 11 is 0. The van der Waals surface area contributed by atoms with Crippen LogP contribution in [0, 0.1) is 17.2 Å². The third-order valence-electron chi connectivity index (χ3n) is 3.99. The largest absolute Gasteiger partial charge is 0.490 e. The molecule has 0 spiro atoms. The number of benzene rings is 1. The molecule has 1 saturated carbocycles. The number of nitrogens with one attached hydrogen (secondary N) is 1. The summed E-state index contributed by atoms with van der Waals surface area (Å²) in [4.78, 5) is 0. The van der Waals surface area contributed by atoms with E-state index in [2.05, 4.69) is 4.72 Å². The van der Waals surface area contributed by atoms with Gasteiger partial charge in [-0.05, 0) is 54.9 Å². The second-order valence-corrected chi connectivity index (χ2v) is 9.87. The fourth-order valence-electron chi connectivity index (χ4n) is 2.34. The molecule has 1 aliphatic rings. The first-order valence-electron chi connectivity index (χ1n) is 9.24. The van der Waals surface area contributed by atoms with Crippen LogP contribution in [-0.2, 0) is 14.8 Å². The van der Waals surface area contributed by atoms with Crippen molar-refractivity contribution in [2.24, 2.45) is 11.3 Å². The number of rotatable bonds is 10. The van der Waals surface area contributed by atoms with Gasteiger partial charge < -0.3 is 9.47 Å². The summed E-state index contributed by atoms with van der Waals surface area (Å²) < 4.78 is 51.8. The molecule has 0 aromatic heterocycles. The van der Waals surface area contributed by atoms with Gasteiger partial charge in [0.15, 0.2) is 11.6 Å². The molecule has 1 aromatic carbocycles. The fraction of sp³-hybridized carbons (Fsp3) is 0.600. The smallest absolute Gasteiger partial charge is 0.234 e. The summed E-state index contributed by atoms with van der Waals surface area (Å²) in [5.74, 6) is 0.233. The Morgan fingerprint density at radius 2 is 2.04 bits per heavy atom. The molecular formula is C20H30FNO4S. The molecule has 27 heavy (non-hydrogen) atoms. The van der Waals surface area contributed by atoms with E-state index in [4.69, 9.17) is 9.47 Å². The third kappa shape index (κ3) is 8.41. The van der Waals surface area contributed by atoms with Crippen LogP contribution in [0.4, 0.5) is 4.39 Å². The van der Waals surface area contributed by atoms with Crippen molar-refractivity contribution < 1.29 is 22.3 Å². The highest BCUT2D eigenvalue weighted by Gasteiger charge is 2.23. The average Bonchev–Trinajstić information content (AvgIpc) is 3.36. The number of hydrogen-bond donors (Lipinski definition) is 1. The van der Waals surface area contributed by atoms with Gasteiger partial charge in [-0.15, -0.1) is 0 Å². The first-order chi connectivity index (χ1) is 12.6. The molecule has 0 bridgehead atoms. The lowest BCUT2D eigenvalue weighted by Gasteiger charge is -2.17. The summed E-state index contributed by atoms with van der Waals surface area (Å²) in [6.07, 6.45) is 3.70. The van der Waals surface area contributed by atoms with E-state index in [0.29, 0.717) is 24.7 Å². The monoisotopic (exact) mass is 399 g/mol. The van der Waals surface area contributed by atoms with E-state index in [1.807, 2.05) is 20.8 Å². The lowest BCUT2D eigenvalue weighted by atomic mass is 9.99. The number of halogens is 1. The molecule has 0 amide bonds. The van der Waals surface area contributed by atoms with E-state index in [1.54, 1.807) is 19.1 Å². The van der Waals surface area contributed by atoms with Gasteiger partial charge in [0.1, 0.15) is 0 Å². The molecule has 0 aliphatic heterocycles. The first-order valence-corrected chi connectivity index (χ1v) is 10.8. The van der Waals surface area contributed by atoms with Gasteiger partial charge in [0.05, 0.1) is 19.8 Å². The van der Waals surface area contributed by atoms with Gasteiger partial charge in [0, 0.05) is 11.4 Å². The Morgan fingerprint density at radius 3 is 2.67 bits per heavy atom. The Kier molecular flexibility index (Phi) is 7.42. The quantitative estimate of drug-likeness (QED) is 0.600. The number of ether oxygens (including phenoxy) is 2. The van der Waals surface area contributed by atoms with Crippen LogP contribution in [0.5, 0.6) is 5.75 Å². The zero-order valence-corrected chi connectivity index (χ0v) is 17.3. The van der Waals surface area contributed by atoms with Gasteiger partial charge in [-0.2, -0.15) is 0 Å². The highest BCUT2D eigenvalue weighted by atomic mass is 32.2. The predicted octanol–water partition coefficient (Wildman–Crippen LogP) is 4.17. The van der Waals surface area contributed by atoms with Gasteiger partial charge in [-0.1, -0.05) is 26.8 Å². The Bertz CT molecular complexity index is 752. The molecule has 0 radical (unpaired) electrons. The second-order valence-electron chi connectivity index (χ2n) is 8.28. The van der Waals surface area contributed by atoms with Gasteiger partial charge in [0.2, 0.25) is 10.0 Å². The summed E-state index contributed by atoms with van der Waals surface area (Å²) in [7, 11) is -3.63. The minimum absolute atomic E-state index is 0.0291. The van der Waals surface area contributed by atoms with Crippen molar-refractivity contribution in [1.82, 2.24) is 4.72 Å². The molecule has 0 saturated heterocycles. The van der Waals surface area contributed by atoms with Gasteiger partial charge >= 0.3 is 0 Å². The molecule has 1 aliphatic carbocycles. The van der Waals surface area contributed by atoms with Crippen LogP contribution in [0.15, 0.2) is 29.7 Å². The summed E-state index contributed by atoms with van der Waals surface area (Å²) in [5.41, 5.74) is 0.671. The highest BCUT2D eigenvalue weighted by molar-refractivity contribution is 7.92. The fourth-order valence-corrected chi connectivity index (χ4v) is 3.38. The van der Waals surface area contributed by atoms with Crippen molar-refractivity contribution in [2.45, 2.75) is 46.6 Å². The SMILES string of the molecule is C[C@@H](NS(=O)(=O)/C=C/COCC(C)(C)C)c1ccc(F)c(OCC2CC2)c1. The Hall–Kier alpha value is -1.44. The predicted molar refractivity (Wildman–Crippen MR) is 105 cm³/mol. The van der Waals surface area contributed by atoms with E-state index in [0.717, 1.165) is 18.2 Å². The van der Waals surface area contributed by atoms with Gasteiger partial charge in [0.25, 0.3) is 0 Å². The normalized spacial score (nSPS) is 16.6. The summed E-state index contributed by atoms with van der Waals surface area (Å²) in [6, 6.07) is 3.90. The first kappa shape index (κ1) is 21.9. The van der Waals surface area contributed by atoms with Gasteiger partial charge in [-0.25, -0.2) is 17.5 Å².